The molecular weight excluding hydrogens is 188 g/mol. The summed E-state index contributed by atoms with van der Waals surface area (Å²) in [6.07, 6.45) is 1.18. The molecule has 78 valence electrons. The van der Waals surface area contributed by atoms with Crippen molar-refractivity contribution < 1.29 is 10.0 Å². The smallest absolute Gasteiger partial charge is 0.311 e. The molecule has 0 bridgehead atoms. The van der Waals surface area contributed by atoms with Crippen LogP contribution in [-0.4, -0.2) is 45.3 Å². The number of nitro groups is 1. The van der Waals surface area contributed by atoms with E-state index < -0.39 is 4.92 Å². The molecule has 0 aliphatic heterocycles. The predicted octanol–water partition coefficient (Wildman–Crippen LogP) is -0.258. The average molecular weight is 200 g/mol. The number of aromatic nitrogens is 2. The van der Waals surface area contributed by atoms with Crippen LogP contribution in [-0.2, 0) is 6.54 Å². The number of likely N-dealkylation sites (N-methyl/N-ethyl adjacent to an activating group) is 1. The van der Waals surface area contributed by atoms with Gasteiger partial charge in [-0.2, -0.15) is 5.10 Å². The standard InChI is InChI=1S/C7H12N4O3/c1-10(2-3-12)5-6-7(11(13)14)4-8-9-6/h4,12H,2-3,5H2,1H3,(H,8,9). The second-order valence-corrected chi connectivity index (χ2v) is 2.95. The maximum Gasteiger partial charge on any atom is 0.311 e. The zero-order valence-corrected chi connectivity index (χ0v) is 7.80. The Balaban J connectivity index is 2.66. The first-order valence-corrected chi connectivity index (χ1v) is 4.11. The van der Waals surface area contributed by atoms with Crippen LogP contribution in [0.2, 0.25) is 0 Å². The van der Waals surface area contributed by atoms with Gasteiger partial charge in [-0.1, -0.05) is 0 Å². The third-order valence-electron chi connectivity index (χ3n) is 1.80. The van der Waals surface area contributed by atoms with Gasteiger partial charge in [0, 0.05) is 13.1 Å². The molecule has 14 heavy (non-hydrogen) atoms. The Morgan fingerprint density at radius 3 is 3.07 bits per heavy atom. The first-order chi connectivity index (χ1) is 6.65. The predicted molar refractivity (Wildman–Crippen MR) is 48.7 cm³/mol. The number of rotatable bonds is 5. The van der Waals surface area contributed by atoms with Crippen molar-refractivity contribution in [2.45, 2.75) is 6.54 Å². The quantitative estimate of drug-likeness (QED) is 0.504. The van der Waals surface area contributed by atoms with Gasteiger partial charge in [0.2, 0.25) is 0 Å². The van der Waals surface area contributed by atoms with Crippen LogP contribution < -0.4 is 0 Å². The van der Waals surface area contributed by atoms with Crippen LogP contribution >= 0.6 is 0 Å². The summed E-state index contributed by atoms with van der Waals surface area (Å²) in [6.45, 7) is 0.867. The highest BCUT2D eigenvalue weighted by molar-refractivity contribution is 5.31. The van der Waals surface area contributed by atoms with E-state index in [1.807, 2.05) is 0 Å². The first-order valence-electron chi connectivity index (χ1n) is 4.11. The lowest BCUT2D eigenvalue weighted by Gasteiger charge is -2.12. The third-order valence-corrected chi connectivity index (χ3v) is 1.80. The molecule has 1 aromatic heterocycles. The van der Waals surface area contributed by atoms with Gasteiger partial charge in [0.25, 0.3) is 0 Å². The van der Waals surface area contributed by atoms with Crippen molar-refractivity contribution in [2.75, 3.05) is 20.2 Å². The van der Waals surface area contributed by atoms with Gasteiger partial charge < -0.3 is 5.11 Å². The third kappa shape index (κ3) is 2.51. The SMILES string of the molecule is CN(CCO)Cc1[nH]ncc1[N+](=O)[O-]. The summed E-state index contributed by atoms with van der Waals surface area (Å²) < 4.78 is 0. The van der Waals surface area contributed by atoms with Crippen molar-refractivity contribution >= 4 is 5.69 Å². The topological polar surface area (TPSA) is 95.3 Å². The van der Waals surface area contributed by atoms with Gasteiger partial charge in [-0.15, -0.1) is 0 Å². The highest BCUT2D eigenvalue weighted by Crippen LogP contribution is 2.15. The van der Waals surface area contributed by atoms with Crippen molar-refractivity contribution in [3.8, 4) is 0 Å². The van der Waals surface area contributed by atoms with E-state index in [0.29, 0.717) is 18.8 Å². The molecule has 1 rings (SSSR count). The molecule has 7 nitrogen and oxygen atoms in total. The van der Waals surface area contributed by atoms with E-state index in [1.165, 1.54) is 6.20 Å². The molecule has 0 aromatic carbocycles. The van der Waals surface area contributed by atoms with Crippen LogP contribution in [0.5, 0.6) is 0 Å². The van der Waals surface area contributed by atoms with Gasteiger partial charge in [-0.3, -0.25) is 20.1 Å². The summed E-state index contributed by atoms with van der Waals surface area (Å²) in [5.74, 6) is 0. The molecule has 0 aliphatic carbocycles. The number of hydrogen-bond acceptors (Lipinski definition) is 5. The largest absolute Gasteiger partial charge is 0.395 e. The maximum absolute atomic E-state index is 10.5. The summed E-state index contributed by atoms with van der Waals surface area (Å²) in [5, 5.41) is 25.3. The number of H-pyrrole nitrogens is 1. The molecule has 0 saturated heterocycles. The molecule has 1 aromatic rings. The molecule has 0 aliphatic rings. The van der Waals surface area contributed by atoms with E-state index in [0.717, 1.165) is 0 Å². The number of nitrogens with zero attached hydrogens (tertiary/aromatic N) is 3. The second kappa shape index (κ2) is 4.68. The van der Waals surface area contributed by atoms with Crippen LogP contribution in [0.1, 0.15) is 5.69 Å². The Morgan fingerprint density at radius 2 is 2.50 bits per heavy atom. The van der Waals surface area contributed by atoms with Gasteiger partial charge in [0.1, 0.15) is 11.9 Å². The number of hydrogen-bond donors (Lipinski definition) is 2. The lowest BCUT2D eigenvalue weighted by atomic mass is 10.3. The van der Waals surface area contributed by atoms with E-state index in [1.54, 1.807) is 11.9 Å². The van der Waals surface area contributed by atoms with Gasteiger partial charge in [0.15, 0.2) is 0 Å². The Kier molecular flexibility index (Phi) is 3.55. The number of nitrogens with one attached hydrogen (secondary N) is 1. The zero-order chi connectivity index (χ0) is 10.6. The molecule has 0 spiro atoms. The molecule has 0 radical (unpaired) electrons. The van der Waals surface area contributed by atoms with Crippen molar-refractivity contribution in [2.24, 2.45) is 0 Å². The average Bonchev–Trinajstić information content (AvgIpc) is 2.52. The molecular formula is C7H12N4O3. The Bertz CT molecular complexity index is 312. The monoisotopic (exact) mass is 200 g/mol. The number of aliphatic hydroxyl groups excluding tert-OH is 1. The van der Waals surface area contributed by atoms with Crippen LogP contribution in [0.4, 0.5) is 5.69 Å². The summed E-state index contributed by atoms with van der Waals surface area (Å²) in [4.78, 5) is 11.8. The lowest BCUT2D eigenvalue weighted by molar-refractivity contribution is -0.385. The van der Waals surface area contributed by atoms with Crippen LogP contribution in [0.3, 0.4) is 0 Å². The molecule has 0 fully saturated rings. The normalized spacial score (nSPS) is 10.8. The molecule has 7 heteroatoms. The van der Waals surface area contributed by atoms with Crippen molar-refractivity contribution in [3.05, 3.63) is 22.0 Å². The molecule has 0 atom stereocenters. The Morgan fingerprint density at radius 1 is 1.79 bits per heavy atom. The molecule has 0 amide bonds. The maximum atomic E-state index is 10.5. The fraction of sp³-hybridized carbons (Fsp3) is 0.571. The van der Waals surface area contributed by atoms with E-state index in [4.69, 9.17) is 5.11 Å². The minimum atomic E-state index is -0.481. The van der Waals surface area contributed by atoms with E-state index in [9.17, 15) is 10.1 Å². The molecule has 0 unspecified atom stereocenters. The van der Waals surface area contributed by atoms with Crippen molar-refractivity contribution in [1.29, 1.82) is 0 Å². The van der Waals surface area contributed by atoms with Crippen molar-refractivity contribution in [1.82, 2.24) is 15.1 Å². The summed E-state index contributed by atoms with van der Waals surface area (Å²) in [7, 11) is 1.76. The Hall–Kier alpha value is -1.47. The van der Waals surface area contributed by atoms with Crippen LogP contribution in [0, 0.1) is 10.1 Å². The minimum absolute atomic E-state index is 0.0187. The summed E-state index contributed by atoms with van der Waals surface area (Å²) >= 11 is 0. The number of aliphatic hydroxyl groups is 1. The zero-order valence-electron chi connectivity index (χ0n) is 7.80. The van der Waals surface area contributed by atoms with Gasteiger partial charge >= 0.3 is 5.69 Å². The minimum Gasteiger partial charge on any atom is -0.395 e. The van der Waals surface area contributed by atoms with Gasteiger partial charge in [-0.25, -0.2) is 0 Å². The highest BCUT2D eigenvalue weighted by atomic mass is 16.6. The molecule has 0 saturated carbocycles. The number of aromatic amines is 1. The van der Waals surface area contributed by atoms with E-state index in [2.05, 4.69) is 10.2 Å². The van der Waals surface area contributed by atoms with Gasteiger partial charge in [-0.05, 0) is 7.05 Å². The fourth-order valence-corrected chi connectivity index (χ4v) is 1.10. The lowest BCUT2D eigenvalue weighted by Crippen LogP contribution is -2.22. The van der Waals surface area contributed by atoms with Crippen molar-refractivity contribution in [3.63, 3.8) is 0 Å². The summed E-state index contributed by atoms with van der Waals surface area (Å²) in [5.41, 5.74) is 0.431. The van der Waals surface area contributed by atoms with E-state index in [-0.39, 0.29) is 12.3 Å². The molecule has 2 N–H and O–H groups in total. The van der Waals surface area contributed by atoms with Gasteiger partial charge in [0.05, 0.1) is 11.5 Å². The highest BCUT2D eigenvalue weighted by Gasteiger charge is 2.16. The first kappa shape index (κ1) is 10.6. The molecule has 1 heterocycles. The Labute approximate surface area is 80.5 Å². The second-order valence-electron chi connectivity index (χ2n) is 2.95. The summed E-state index contributed by atoms with van der Waals surface area (Å²) in [6, 6.07) is 0. The fourth-order valence-electron chi connectivity index (χ4n) is 1.10. The van der Waals surface area contributed by atoms with Crippen LogP contribution in [0.25, 0.3) is 0 Å². The van der Waals surface area contributed by atoms with E-state index >= 15 is 0 Å². The van der Waals surface area contributed by atoms with Crippen LogP contribution in [0.15, 0.2) is 6.20 Å².